The molecule has 1 N–H and O–H groups in total. The summed E-state index contributed by atoms with van der Waals surface area (Å²) in [6.07, 6.45) is 0. The zero-order valence-electron chi connectivity index (χ0n) is 13.3. The van der Waals surface area contributed by atoms with Crippen molar-refractivity contribution in [3.63, 3.8) is 0 Å². The molecule has 0 fully saturated rings. The summed E-state index contributed by atoms with van der Waals surface area (Å²) < 4.78 is 22.4. The SMILES string of the molecule is CC(C)N(OP(=O)(O)ON(C(C)C)C(C)C)C(C)C. The van der Waals surface area contributed by atoms with Crippen LogP contribution in [-0.4, -0.2) is 39.2 Å². The molecule has 0 aromatic carbocycles. The lowest BCUT2D eigenvalue weighted by Gasteiger charge is -2.34. The van der Waals surface area contributed by atoms with Crippen molar-refractivity contribution in [1.82, 2.24) is 10.1 Å². The molecular weight excluding hydrogens is 267 g/mol. The molecule has 116 valence electrons. The summed E-state index contributed by atoms with van der Waals surface area (Å²) in [5.74, 6) is 0. The van der Waals surface area contributed by atoms with Gasteiger partial charge in [0, 0.05) is 24.2 Å². The second-order valence-electron chi connectivity index (χ2n) is 5.73. The number of rotatable bonds is 8. The predicted molar refractivity (Wildman–Crippen MR) is 76.2 cm³/mol. The average Bonchev–Trinajstić information content (AvgIpc) is 2.21. The molecule has 0 heterocycles. The van der Waals surface area contributed by atoms with Gasteiger partial charge >= 0.3 is 7.82 Å². The zero-order chi connectivity index (χ0) is 15.4. The molecular formula is C12H29N2O4P. The van der Waals surface area contributed by atoms with Crippen LogP contribution in [0.15, 0.2) is 0 Å². The van der Waals surface area contributed by atoms with Gasteiger partial charge in [-0.15, -0.1) is 0 Å². The fourth-order valence-corrected chi connectivity index (χ4v) is 3.08. The van der Waals surface area contributed by atoms with Crippen LogP contribution in [-0.2, 0) is 13.8 Å². The van der Waals surface area contributed by atoms with Gasteiger partial charge in [-0.2, -0.15) is 19.4 Å². The molecule has 0 atom stereocenters. The Morgan fingerprint density at radius 2 is 0.947 bits per heavy atom. The maximum atomic E-state index is 12.1. The van der Waals surface area contributed by atoms with E-state index >= 15 is 0 Å². The van der Waals surface area contributed by atoms with Crippen LogP contribution in [0.3, 0.4) is 0 Å². The van der Waals surface area contributed by atoms with Crippen molar-refractivity contribution in [2.45, 2.75) is 79.6 Å². The molecule has 0 aliphatic heterocycles. The Kier molecular flexibility index (Phi) is 7.73. The minimum atomic E-state index is -4.17. The Morgan fingerprint density at radius 1 is 0.737 bits per heavy atom. The number of nitrogens with zero attached hydrogens (tertiary/aromatic N) is 2. The van der Waals surface area contributed by atoms with Crippen LogP contribution >= 0.6 is 7.82 Å². The molecule has 0 rings (SSSR count). The van der Waals surface area contributed by atoms with E-state index in [9.17, 15) is 9.46 Å². The monoisotopic (exact) mass is 296 g/mol. The highest BCUT2D eigenvalue weighted by atomic mass is 31.2. The standard InChI is InChI=1S/C12H29N2O4P/c1-9(2)13(10(3)4)17-19(15,16)18-14(11(5)6)12(7)8/h9-12H,1-8H3,(H,15,16). The van der Waals surface area contributed by atoms with Crippen molar-refractivity contribution < 1.29 is 18.7 Å². The lowest BCUT2D eigenvalue weighted by Crippen LogP contribution is -2.39. The van der Waals surface area contributed by atoms with Gasteiger partial charge in [-0.25, -0.2) is 4.57 Å². The molecule has 6 nitrogen and oxygen atoms in total. The molecule has 0 aliphatic carbocycles. The van der Waals surface area contributed by atoms with E-state index in [1.54, 1.807) is 0 Å². The van der Waals surface area contributed by atoms with Crippen molar-refractivity contribution in [2.75, 3.05) is 0 Å². The Morgan fingerprint density at radius 3 is 1.11 bits per heavy atom. The van der Waals surface area contributed by atoms with Crippen LogP contribution < -0.4 is 0 Å². The lowest BCUT2D eigenvalue weighted by atomic mass is 10.3. The topological polar surface area (TPSA) is 62.2 Å². The van der Waals surface area contributed by atoms with E-state index in [0.717, 1.165) is 0 Å². The molecule has 0 saturated heterocycles. The fraction of sp³-hybridized carbons (Fsp3) is 1.00. The van der Waals surface area contributed by atoms with E-state index in [1.807, 2.05) is 55.4 Å². The molecule has 0 amide bonds. The highest BCUT2D eigenvalue weighted by Crippen LogP contribution is 2.46. The predicted octanol–water partition coefficient (Wildman–Crippen LogP) is 3.19. The molecule has 19 heavy (non-hydrogen) atoms. The van der Waals surface area contributed by atoms with Crippen molar-refractivity contribution >= 4 is 7.82 Å². The largest absolute Gasteiger partial charge is 0.505 e. The minimum absolute atomic E-state index is 0.0179. The van der Waals surface area contributed by atoms with Crippen LogP contribution in [0.25, 0.3) is 0 Å². The van der Waals surface area contributed by atoms with E-state index in [1.165, 1.54) is 10.1 Å². The summed E-state index contributed by atoms with van der Waals surface area (Å²) in [6, 6.07) is -0.0718. The third kappa shape index (κ3) is 6.84. The number of hydrogen-bond acceptors (Lipinski definition) is 5. The quantitative estimate of drug-likeness (QED) is 0.548. The first kappa shape index (κ1) is 19.0. The van der Waals surface area contributed by atoms with Gasteiger partial charge in [0.1, 0.15) is 0 Å². The fourth-order valence-electron chi connectivity index (χ4n) is 1.82. The second kappa shape index (κ2) is 7.72. The van der Waals surface area contributed by atoms with Gasteiger partial charge in [-0.3, -0.25) is 0 Å². The molecule has 0 saturated carbocycles. The summed E-state index contributed by atoms with van der Waals surface area (Å²) in [5, 5.41) is 2.94. The molecule has 0 radical (unpaired) electrons. The molecule has 0 aliphatic rings. The Balaban J connectivity index is 4.82. The van der Waals surface area contributed by atoms with Gasteiger partial charge in [0.2, 0.25) is 0 Å². The van der Waals surface area contributed by atoms with E-state index in [2.05, 4.69) is 0 Å². The highest BCUT2D eigenvalue weighted by molar-refractivity contribution is 7.47. The van der Waals surface area contributed by atoms with Gasteiger partial charge in [0.05, 0.1) is 0 Å². The molecule has 0 unspecified atom stereocenters. The van der Waals surface area contributed by atoms with Crippen molar-refractivity contribution in [2.24, 2.45) is 0 Å². The van der Waals surface area contributed by atoms with Gasteiger partial charge in [-0.05, 0) is 55.4 Å². The van der Waals surface area contributed by atoms with Crippen LogP contribution in [0.2, 0.25) is 0 Å². The lowest BCUT2D eigenvalue weighted by molar-refractivity contribution is -0.183. The van der Waals surface area contributed by atoms with Gasteiger partial charge in [0.25, 0.3) is 0 Å². The number of hydrogen-bond donors (Lipinski definition) is 1. The Hall–Kier alpha value is 0.0300. The average molecular weight is 296 g/mol. The first-order valence-corrected chi connectivity index (χ1v) is 8.26. The van der Waals surface area contributed by atoms with Crippen LogP contribution in [0.1, 0.15) is 55.4 Å². The molecule has 7 heteroatoms. The smallest absolute Gasteiger partial charge is 0.300 e. The van der Waals surface area contributed by atoms with Crippen molar-refractivity contribution in [3.05, 3.63) is 0 Å². The zero-order valence-corrected chi connectivity index (χ0v) is 14.2. The molecule has 0 spiro atoms. The highest BCUT2D eigenvalue weighted by Gasteiger charge is 2.33. The Labute approximate surface area is 117 Å². The molecule has 0 aromatic rings. The third-order valence-electron chi connectivity index (χ3n) is 2.43. The van der Waals surface area contributed by atoms with Gasteiger partial charge in [-0.1, -0.05) is 0 Å². The summed E-state index contributed by atoms with van der Waals surface area (Å²) in [5.41, 5.74) is 0. The summed E-state index contributed by atoms with van der Waals surface area (Å²) in [6.45, 7) is 15.1. The summed E-state index contributed by atoms with van der Waals surface area (Å²) in [4.78, 5) is 9.88. The van der Waals surface area contributed by atoms with E-state index in [0.29, 0.717) is 0 Å². The van der Waals surface area contributed by atoms with Crippen molar-refractivity contribution in [3.8, 4) is 0 Å². The third-order valence-corrected chi connectivity index (χ3v) is 3.22. The van der Waals surface area contributed by atoms with E-state index in [4.69, 9.17) is 9.25 Å². The van der Waals surface area contributed by atoms with E-state index in [-0.39, 0.29) is 24.2 Å². The molecule has 0 aromatic heterocycles. The van der Waals surface area contributed by atoms with Crippen LogP contribution in [0, 0.1) is 0 Å². The second-order valence-corrected chi connectivity index (χ2v) is 6.99. The first-order valence-electron chi connectivity index (χ1n) is 6.76. The molecule has 0 bridgehead atoms. The number of hydroxylamine groups is 4. The minimum Gasteiger partial charge on any atom is -0.300 e. The van der Waals surface area contributed by atoms with Crippen LogP contribution in [0.4, 0.5) is 0 Å². The normalized spacial score (nSPS) is 13.8. The maximum absolute atomic E-state index is 12.1. The number of phosphoric acid groups is 1. The van der Waals surface area contributed by atoms with Crippen LogP contribution in [0.5, 0.6) is 0 Å². The van der Waals surface area contributed by atoms with Gasteiger partial charge in [0.15, 0.2) is 0 Å². The summed E-state index contributed by atoms with van der Waals surface area (Å²) in [7, 11) is -4.17. The van der Waals surface area contributed by atoms with Crippen molar-refractivity contribution in [1.29, 1.82) is 0 Å². The maximum Gasteiger partial charge on any atom is 0.505 e. The Bertz CT molecular complexity index is 266. The van der Waals surface area contributed by atoms with E-state index < -0.39 is 7.82 Å². The first-order chi connectivity index (χ1) is 8.48. The summed E-state index contributed by atoms with van der Waals surface area (Å²) >= 11 is 0. The van der Waals surface area contributed by atoms with Gasteiger partial charge < -0.3 is 4.89 Å².